The van der Waals surface area contributed by atoms with Gasteiger partial charge in [-0.15, -0.1) is 16.4 Å². The zero-order chi connectivity index (χ0) is 14.8. The molecule has 3 rings (SSSR count). The highest BCUT2D eigenvalue weighted by Crippen LogP contribution is 2.12. The SMILES string of the molecule is Cc1n[nH]c(=O)c(Cn2nnnc2Cc2cncs2)c1C. The summed E-state index contributed by atoms with van der Waals surface area (Å²) in [6.07, 6.45) is 2.39. The van der Waals surface area contributed by atoms with E-state index >= 15 is 0 Å². The van der Waals surface area contributed by atoms with Crippen molar-refractivity contribution in [1.82, 2.24) is 35.4 Å². The number of hydrogen-bond donors (Lipinski definition) is 1. The minimum atomic E-state index is -0.211. The smallest absolute Gasteiger partial charge is 0.268 e. The van der Waals surface area contributed by atoms with Gasteiger partial charge in [0.25, 0.3) is 5.56 Å². The highest BCUT2D eigenvalue weighted by atomic mass is 32.1. The number of H-pyrrole nitrogens is 1. The molecule has 108 valence electrons. The Hall–Kier alpha value is -2.42. The quantitative estimate of drug-likeness (QED) is 0.751. The molecule has 0 spiro atoms. The first-order valence-electron chi connectivity index (χ1n) is 6.32. The molecule has 0 aromatic carbocycles. The number of hydrogen-bond acceptors (Lipinski definition) is 7. The van der Waals surface area contributed by atoms with Crippen LogP contribution < -0.4 is 5.56 Å². The summed E-state index contributed by atoms with van der Waals surface area (Å²) >= 11 is 1.55. The first kappa shape index (κ1) is 13.6. The number of tetrazole rings is 1. The van der Waals surface area contributed by atoms with Crippen LogP contribution in [0.5, 0.6) is 0 Å². The lowest BCUT2D eigenvalue weighted by atomic mass is 10.1. The maximum absolute atomic E-state index is 11.9. The second-order valence-corrected chi connectivity index (χ2v) is 5.61. The van der Waals surface area contributed by atoms with Crippen LogP contribution in [-0.2, 0) is 13.0 Å². The molecule has 0 radical (unpaired) electrons. The third-order valence-electron chi connectivity index (χ3n) is 3.32. The highest BCUT2D eigenvalue weighted by molar-refractivity contribution is 7.09. The Balaban J connectivity index is 1.92. The number of nitrogens with one attached hydrogen (secondary N) is 1. The molecule has 0 fully saturated rings. The number of aryl methyl sites for hydroxylation is 1. The minimum absolute atomic E-state index is 0.211. The third kappa shape index (κ3) is 2.72. The molecule has 0 atom stereocenters. The molecule has 0 aliphatic carbocycles. The molecule has 0 saturated carbocycles. The Morgan fingerprint density at radius 1 is 1.38 bits per heavy atom. The van der Waals surface area contributed by atoms with Crippen LogP contribution in [-0.4, -0.2) is 35.4 Å². The molecule has 0 unspecified atom stereocenters. The van der Waals surface area contributed by atoms with E-state index in [0.29, 0.717) is 24.4 Å². The van der Waals surface area contributed by atoms with Crippen molar-refractivity contribution in [3.63, 3.8) is 0 Å². The second-order valence-electron chi connectivity index (χ2n) is 4.64. The summed E-state index contributed by atoms with van der Waals surface area (Å²) < 4.78 is 1.64. The molecule has 0 aliphatic heterocycles. The van der Waals surface area contributed by atoms with Crippen molar-refractivity contribution in [2.75, 3.05) is 0 Å². The lowest BCUT2D eigenvalue weighted by Gasteiger charge is -2.07. The van der Waals surface area contributed by atoms with E-state index in [0.717, 1.165) is 16.1 Å². The van der Waals surface area contributed by atoms with Crippen LogP contribution in [0.15, 0.2) is 16.5 Å². The number of nitrogens with zero attached hydrogens (tertiary/aromatic N) is 6. The fraction of sp³-hybridized carbons (Fsp3) is 0.333. The summed E-state index contributed by atoms with van der Waals surface area (Å²) in [5, 5.41) is 18.1. The maximum Gasteiger partial charge on any atom is 0.269 e. The van der Waals surface area contributed by atoms with Gasteiger partial charge in [-0.3, -0.25) is 9.78 Å². The van der Waals surface area contributed by atoms with Crippen LogP contribution in [0, 0.1) is 13.8 Å². The Labute approximate surface area is 123 Å². The molecule has 1 N–H and O–H groups in total. The van der Waals surface area contributed by atoms with Gasteiger partial charge >= 0.3 is 0 Å². The average molecular weight is 303 g/mol. The molecule has 0 saturated heterocycles. The van der Waals surface area contributed by atoms with Gasteiger partial charge in [0.1, 0.15) is 0 Å². The topological polar surface area (TPSA) is 102 Å². The van der Waals surface area contributed by atoms with Crippen LogP contribution >= 0.6 is 11.3 Å². The van der Waals surface area contributed by atoms with Crippen molar-refractivity contribution in [2.24, 2.45) is 0 Å². The summed E-state index contributed by atoms with van der Waals surface area (Å²) in [7, 11) is 0. The second kappa shape index (κ2) is 5.52. The van der Waals surface area contributed by atoms with Crippen LogP contribution in [0.2, 0.25) is 0 Å². The van der Waals surface area contributed by atoms with Gasteiger partial charge in [0.15, 0.2) is 5.82 Å². The molecule has 21 heavy (non-hydrogen) atoms. The van der Waals surface area contributed by atoms with E-state index in [4.69, 9.17) is 0 Å². The Kier molecular flexibility index (Phi) is 3.57. The van der Waals surface area contributed by atoms with Gasteiger partial charge in [-0.25, -0.2) is 9.78 Å². The molecule has 3 aromatic rings. The molecule has 0 amide bonds. The average Bonchev–Trinajstić information content (AvgIpc) is 3.12. The van der Waals surface area contributed by atoms with Crippen molar-refractivity contribution in [3.8, 4) is 0 Å². The minimum Gasteiger partial charge on any atom is -0.268 e. The third-order valence-corrected chi connectivity index (χ3v) is 4.10. The Morgan fingerprint density at radius 3 is 3.00 bits per heavy atom. The molecule has 0 aliphatic rings. The van der Waals surface area contributed by atoms with Gasteiger partial charge < -0.3 is 0 Å². The highest BCUT2D eigenvalue weighted by Gasteiger charge is 2.13. The van der Waals surface area contributed by atoms with E-state index in [1.54, 1.807) is 27.7 Å². The molecule has 0 bridgehead atoms. The van der Waals surface area contributed by atoms with Gasteiger partial charge in [0.2, 0.25) is 0 Å². The Morgan fingerprint density at radius 2 is 2.24 bits per heavy atom. The zero-order valence-electron chi connectivity index (χ0n) is 11.6. The van der Waals surface area contributed by atoms with E-state index in [9.17, 15) is 4.79 Å². The summed E-state index contributed by atoms with van der Waals surface area (Å²) in [5.41, 5.74) is 3.84. The molecular formula is C12H13N7OS. The summed E-state index contributed by atoms with van der Waals surface area (Å²) in [4.78, 5) is 17.0. The van der Waals surface area contributed by atoms with Crippen molar-refractivity contribution in [2.45, 2.75) is 26.8 Å². The van der Waals surface area contributed by atoms with E-state index in [-0.39, 0.29) is 5.56 Å². The first-order chi connectivity index (χ1) is 10.1. The largest absolute Gasteiger partial charge is 0.269 e. The predicted molar refractivity (Wildman–Crippen MR) is 76.2 cm³/mol. The maximum atomic E-state index is 11.9. The summed E-state index contributed by atoms with van der Waals surface area (Å²) in [5.74, 6) is 0.701. The van der Waals surface area contributed by atoms with Crippen molar-refractivity contribution in [1.29, 1.82) is 0 Å². The molecule has 3 aromatic heterocycles. The summed E-state index contributed by atoms with van der Waals surface area (Å²) in [6.45, 7) is 4.05. The van der Waals surface area contributed by atoms with E-state index < -0.39 is 0 Å². The number of rotatable bonds is 4. The van der Waals surface area contributed by atoms with Crippen LogP contribution in [0.1, 0.15) is 27.5 Å². The lowest BCUT2D eigenvalue weighted by Crippen LogP contribution is -2.21. The van der Waals surface area contributed by atoms with Crippen molar-refractivity contribution < 1.29 is 0 Å². The fourth-order valence-corrected chi connectivity index (χ4v) is 2.56. The monoisotopic (exact) mass is 303 g/mol. The standard InChI is InChI=1S/C12H13N7OS/c1-7-8(2)14-16-12(20)10(7)5-19-11(15-17-18-19)3-9-4-13-6-21-9/h4,6H,3,5H2,1-2H3,(H,16,20). The van der Waals surface area contributed by atoms with E-state index in [1.165, 1.54) is 0 Å². The molecule has 9 heteroatoms. The van der Waals surface area contributed by atoms with Gasteiger partial charge in [-0.2, -0.15) is 5.10 Å². The van der Waals surface area contributed by atoms with E-state index in [2.05, 4.69) is 30.7 Å². The number of aromatic nitrogens is 7. The van der Waals surface area contributed by atoms with Gasteiger partial charge in [-0.1, -0.05) is 0 Å². The lowest BCUT2D eigenvalue weighted by molar-refractivity contribution is 0.616. The van der Waals surface area contributed by atoms with Crippen molar-refractivity contribution in [3.05, 3.63) is 49.6 Å². The van der Waals surface area contributed by atoms with Gasteiger partial charge in [-0.05, 0) is 29.8 Å². The summed E-state index contributed by atoms with van der Waals surface area (Å²) in [6, 6.07) is 0. The van der Waals surface area contributed by atoms with Crippen LogP contribution in [0.4, 0.5) is 0 Å². The van der Waals surface area contributed by atoms with Gasteiger partial charge in [0.05, 0.1) is 17.7 Å². The molecular weight excluding hydrogens is 290 g/mol. The van der Waals surface area contributed by atoms with E-state index in [1.807, 2.05) is 13.8 Å². The van der Waals surface area contributed by atoms with Crippen LogP contribution in [0.3, 0.4) is 0 Å². The fourth-order valence-electron chi connectivity index (χ4n) is 1.97. The molecule has 8 nitrogen and oxygen atoms in total. The predicted octanol–water partition coefficient (Wildman–Crippen LogP) is 0.469. The Bertz CT molecular complexity index is 805. The number of thiazole rings is 1. The normalized spacial score (nSPS) is 11.0. The van der Waals surface area contributed by atoms with Crippen LogP contribution in [0.25, 0.3) is 0 Å². The van der Waals surface area contributed by atoms with Gasteiger partial charge in [0, 0.05) is 23.1 Å². The van der Waals surface area contributed by atoms with Crippen molar-refractivity contribution >= 4 is 11.3 Å². The zero-order valence-corrected chi connectivity index (χ0v) is 12.4. The first-order valence-corrected chi connectivity index (χ1v) is 7.20. The number of aromatic amines is 1. The molecule has 3 heterocycles.